The molecule has 3 aromatic carbocycles. The highest BCUT2D eigenvalue weighted by Gasteiger charge is 2.33. The topological polar surface area (TPSA) is 86.8 Å². The molecule has 0 fully saturated rings. The molecule has 3 rings (SSSR count). The average molecular weight is 629 g/mol. The number of rotatable bonds is 12. The van der Waals surface area contributed by atoms with Gasteiger partial charge in [0.1, 0.15) is 12.6 Å². The number of sulfonamides is 1. The normalized spacial score (nSPS) is 12.8. The minimum Gasteiger partial charge on any atom is -0.352 e. The molecule has 0 heterocycles. The van der Waals surface area contributed by atoms with Gasteiger partial charge in [-0.15, -0.1) is 0 Å². The van der Waals surface area contributed by atoms with Gasteiger partial charge < -0.3 is 10.2 Å². The van der Waals surface area contributed by atoms with Crippen LogP contribution in [0.15, 0.2) is 77.3 Å². The molecule has 7 nitrogen and oxygen atoms in total. The Bertz CT molecular complexity index is 1430. The van der Waals surface area contributed by atoms with E-state index in [4.69, 9.17) is 0 Å². The molecule has 1 N–H and O–H groups in total. The minimum atomic E-state index is -3.81. The van der Waals surface area contributed by atoms with Crippen LogP contribution in [-0.2, 0) is 32.6 Å². The second kappa shape index (κ2) is 13.9. The van der Waals surface area contributed by atoms with E-state index in [2.05, 4.69) is 21.2 Å². The molecule has 3 aromatic rings. The average Bonchev–Trinajstić information content (AvgIpc) is 2.89. The number of carbonyl (C=O) groups is 2. The first-order chi connectivity index (χ1) is 18.9. The molecule has 0 saturated heterocycles. The molecule has 0 aromatic heterocycles. The highest BCUT2D eigenvalue weighted by atomic mass is 79.9. The Hall–Kier alpha value is -3.17. The number of carbonyl (C=O) groups excluding carboxylic acids is 2. The van der Waals surface area contributed by atoms with E-state index in [1.807, 2.05) is 94.4 Å². The van der Waals surface area contributed by atoms with Crippen LogP contribution in [0.1, 0.15) is 42.5 Å². The lowest BCUT2D eigenvalue weighted by atomic mass is 10.0. The van der Waals surface area contributed by atoms with Gasteiger partial charge in [0.05, 0.1) is 11.9 Å². The van der Waals surface area contributed by atoms with Crippen molar-refractivity contribution >= 4 is 43.5 Å². The van der Waals surface area contributed by atoms with Crippen LogP contribution in [0.25, 0.3) is 0 Å². The molecular weight excluding hydrogens is 590 g/mol. The van der Waals surface area contributed by atoms with E-state index >= 15 is 0 Å². The summed E-state index contributed by atoms with van der Waals surface area (Å²) in [6.45, 7) is 7.35. The van der Waals surface area contributed by atoms with Crippen LogP contribution in [0.3, 0.4) is 0 Å². The van der Waals surface area contributed by atoms with E-state index in [9.17, 15) is 18.0 Å². The molecule has 0 spiro atoms. The molecule has 0 aliphatic heterocycles. The largest absolute Gasteiger partial charge is 0.352 e. The zero-order valence-electron chi connectivity index (χ0n) is 23.7. The molecule has 0 bridgehead atoms. The summed E-state index contributed by atoms with van der Waals surface area (Å²) in [6, 6.07) is 21.5. The van der Waals surface area contributed by atoms with Gasteiger partial charge in [0.2, 0.25) is 21.8 Å². The molecule has 9 heteroatoms. The van der Waals surface area contributed by atoms with Crippen molar-refractivity contribution < 1.29 is 18.0 Å². The number of benzene rings is 3. The number of amides is 2. The Morgan fingerprint density at radius 3 is 2.23 bits per heavy atom. The summed E-state index contributed by atoms with van der Waals surface area (Å²) >= 11 is 3.49. The third-order valence-electron chi connectivity index (χ3n) is 6.81. The van der Waals surface area contributed by atoms with Crippen molar-refractivity contribution in [3.05, 3.63) is 99.5 Å². The van der Waals surface area contributed by atoms with Gasteiger partial charge in [-0.2, -0.15) is 0 Å². The van der Waals surface area contributed by atoms with Gasteiger partial charge in [-0.1, -0.05) is 83.0 Å². The summed E-state index contributed by atoms with van der Waals surface area (Å²) in [6.07, 6.45) is 2.11. The Kier molecular flexibility index (Phi) is 10.9. The van der Waals surface area contributed by atoms with E-state index in [0.29, 0.717) is 5.69 Å². The fourth-order valence-electron chi connectivity index (χ4n) is 4.51. The van der Waals surface area contributed by atoms with Gasteiger partial charge >= 0.3 is 0 Å². The third-order valence-corrected chi connectivity index (χ3v) is 8.43. The van der Waals surface area contributed by atoms with Crippen LogP contribution >= 0.6 is 15.9 Å². The SMILES string of the molecule is CC[C@H](C)NC(=O)[C@H](Cc1ccccc1)N(Cc1cccc(Br)c1)C(=O)CN(c1ccc(C)cc1C)S(C)(=O)=O. The molecule has 2 amide bonds. The Labute approximate surface area is 246 Å². The first-order valence-corrected chi connectivity index (χ1v) is 16.0. The van der Waals surface area contributed by atoms with Gasteiger partial charge in [-0.25, -0.2) is 8.42 Å². The summed E-state index contributed by atoms with van der Waals surface area (Å²) in [5.41, 5.74) is 3.88. The number of halogens is 1. The maximum absolute atomic E-state index is 14.2. The van der Waals surface area contributed by atoms with Gasteiger partial charge in [-0.3, -0.25) is 13.9 Å². The van der Waals surface area contributed by atoms with Crippen molar-refractivity contribution in [2.45, 2.75) is 59.2 Å². The van der Waals surface area contributed by atoms with Gasteiger partial charge in [0.25, 0.3) is 0 Å². The Morgan fingerprint density at radius 1 is 0.950 bits per heavy atom. The predicted molar refractivity (Wildman–Crippen MR) is 165 cm³/mol. The molecule has 0 aliphatic carbocycles. The maximum atomic E-state index is 14.2. The number of nitrogens with one attached hydrogen (secondary N) is 1. The summed E-state index contributed by atoms with van der Waals surface area (Å²) in [7, 11) is -3.81. The van der Waals surface area contributed by atoms with E-state index in [1.165, 1.54) is 4.90 Å². The van der Waals surface area contributed by atoms with E-state index in [-0.39, 0.29) is 24.9 Å². The number of aryl methyl sites for hydroxylation is 2. The van der Waals surface area contributed by atoms with Crippen molar-refractivity contribution in [2.75, 3.05) is 17.1 Å². The van der Waals surface area contributed by atoms with Crippen LogP contribution in [0, 0.1) is 13.8 Å². The van der Waals surface area contributed by atoms with Gasteiger partial charge in [0.15, 0.2) is 0 Å². The van der Waals surface area contributed by atoms with Crippen molar-refractivity contribution in [1.29, 1.82) is 0 Å². The lowest BCUT2D eigenvalue weighted by molar-refractivity contribution is -0.140. The highest BCUT2D eigenvalue weighted by molar-refractivity contribution is 9.10. The number of anilines is 1. The van der Waals surface area contributed by atoms with Crippen LogP contribution in [0.5, 0.6) is 0 Å². The Morgan fingerprint density at radius 2 is 1.62 bits per heavy atom. The molecule has 2 atom stereocenters. The molecular formula is C31H38BrN3O4S. The van der Waals surface area contributed by atoms with Crippen molar-refractivity contribution in [3.8, 4) is 0 Å². The predicted octanol–water partition coefficient (Wildman–Crippen LogP) is 5.39. The third kappa shape index (κ3) is 8.66. The van der Waals surface area contributed by atoms with Crippen LogP contribution < -0.4 is 9.62 Å². The molecule has 0 unspecified atom stereocenters. The number of nitrogens with zero attached hydrogens (tertiary/aromatic N) is 2. The fourth-order valence-corrected chi connectivity index (χ4v) is 5.86. The number of hydrogen-bond donors (Lipinski definition) is 1. The maximum Gasteiger partial charge on any atom is 0.244 e. The summed E-state index contributed by atoms with van der Waals surface area (Å²) in [4.78, 5) is 29.4. The molecule has 0 radical (unpaired) electrons. The summed E-state index contributed by atoms with van der Waals surface area (Å²) in [5.74, 6) is -0.746. The quantitative estimate of drug-likeness (QED) is 0.292. The zero-order valence-corrected chi connectivity index (χ0v) is 26.1. The van der Waals surface area contributed by atoms with Crippen LogP contribution in [0.4, 0.5) is 5.69 Å². The van der Waals surface area contributed by atoms with E-state index < -0.39 is 28.5 Å². The monoisotopic (exact) mass is 627 g/mol. The lowest BCUT2D eigenvalue weighted by Crippen LogP contribution is -2.54. The first-order valence-electron chi connectivity index (χ1n) is 13.3. The lowest BCUT2D eigenvalue weighted by Gasteiger charge is -2.34. The van der Waals surface area contributed by atoms with Crippen molar-refractivity contribution in [2.24, 2.45) is 0 Å². The van der Waals surface area contributed by atoms with E-state index in [0.717, 1.165) is 43.7 Å². The fraction of sp³-hybridized carbons (Fsp3) is 0.355. The van der Waals surface area contributed by atoms with Gasteiger partial charge in [0, 0.05) is 23.5 Å². The summed E-state index contributed by atoms with van der Waals surface area (Å²) < 4.78 is 27.9. The standard InChI is InChI=1S/C31H38BrN3O4S/c1-6-24(4)33-31(37)29(19-25-11-8-7-9-12-25)34(20-26-13-10-14-27(32)18-26)30(36)21-35(40(5,38)39)28-16-15-22(2)17-23(28)3/h7-18,24,29H,6,19-21H2,1-5H3,(H,33,37)/t24-,29-/m0/s1. The van der Waals surface area contributed by atoms with Crippen LogP contribution in [0.2, 0.25) is 0 Å². The first kappa shape index (κ1) is 31.4. The van der Waals surface area contributed by atoms with Crippen molar-refractivity contribution in [1.82, 2.24) is 10.2 Å². The number of hydrogen-bond acceptors (Lipinski definition) is 4. The van der Waals surface area contributed by atoms with Gasteiger partial charge in [-0.05, 0) is 62.1 Å². The second-order valence-electron chi connectivity index (χ2n) is 10.2. The molecule has 0 saturated carbocycles. The highest BCUT2D eigenvalue weighted by Crippen LogP contribution is 2.25. The van der Waals surface area contributed by atoms with Crippen molar-refractivity contribution in [3.63, 3.8) is 0 Å². The van der Waals surface area contributed by atoms with Crippen LogP contribution in [-0.4, -0.2) is 50.0 Å². The van der Waals surface area contributed by atoms with E-state index in [1.54, 1.807) is 6.07 Å². The Balaban J connectivity index is 2.08. The minimum absolute atomic E-state index is 0.0867. The molecule has 0 aliphatic rings. The smallest absolute Gasteiger partial charge is 0.244 e. The molecule has 40 heavy (non-hydrogen) atoms. The summed E-state index contributed by atoms with van der Waals surface area (Å²) in [5, 5.41) is 3.04. The molecule has 214 valence electrons. The zero-order chi connectivity index (χ0) is 29.4. The second-order valence-corrected chi connectivity index (χ2v) is 13.1.